The Balaban J connectivity index is 4.53. The molecular weight excluding hydrogens is 841 g/mol. The molecule has 0 aromatic rings. The number of hydrogen-bond donors (Lipinski definition) is 0. The van der Waals surface area contributed by atoms with Gasteiger partial charge in [-0.05, 0) is 116 Å². The molecule has 0 N–H and O–H groups in total. The number of hydrogen-bond acceptors (Lipinski definition) is 6. The molecule has 0 aliphatic carbocycles. The highest BCUT2D eigenvalue weighted by atomic mass is 16.6. The lowest BCUT2D eigenvalue weighted by Crippen LogP contribution is -2.30. The zero-order chi connectivity index (χ0) is 49.3. The fourth-order valence-electron chi connectivity index (χ4n) is 7.12. The molecule has 0 spiro atoms. The largest absolute Gasteiger partial charge is 0.462 e. The van der Waals surface area contributed by atoms with Gasteiger partial charge in [0.15, 0.2) is 6.10 Å². The van der Waals surface area contributed by atoms with Crippen LogP contribution in [0.25, 0.3) is 0 Å². The van der Waals surface area contributed by atoms with Gasteiger partial charge in [-0.1, -0.05) is 219 Å². The lowest BCUT2D eigenvalue weighted by molar-refractivity contribution is -0.166. The molecule has 0 bridgehead atoms. The maximum atomic E-state index is 12.8. The standard InChI is InChI=1S/C62H100O6/c1-4-7-10-13-16-19-22-25-28-30-31-32-35-37-40-43-46-49-52-55-61(64)67-58-59(57-66-60(63)54-51-48-45-42-39-36-33-27-24-21-18-15-12-9-6-3)68-62(65)56-53-50-47-44-41-38-34-29-26-23-20-17-14-11-8-5-2/h7-8,10-11,16-17,19-21,24-26,28-29,31-32,38,41,47,50,59H,4-6,9,12-15,18,22-23,27,30,33-37,39-40,42-46,48-49,51-58H2,1-3H3/b10-7-,11-8-,19-16-,20-17-,24-21-,28-25-,29-26-,32-31-,41-38-,50-47-. The van der Waals surface area contributed by atoms with Gasteiger partial charge < -0.3 is 14.2 Å². The minimum absolute atomic E-state index is 0.117. The molecule has 0 aliphatic heterocycles. The first-order valence-corrected chi connectivity index (χ1v) is 27.5. The molecule has 0 aromatic carbocycles. The van der Waals surface area contributed by atoms with Crippen molar-refractivity contribution in [1.82, 2.24) is 0 Å². The zero-order valence-corrected chi connectivity index (χ0v) is 43.8. The van der Waals surface area contributed by atoms with Crippen LogP contribution in [-0.2, 0) is 28.6 Å². The highest BCUT2D eigenvalue weighted by Gasteiger charge is 2.19. The minimum Gasteiger partial charge on any atom is -0.462 e. The summed E-state index contributed by atoms with van der Waals surface area (Å²) in [5.41, 5.74) is 0. The normalized spacial score (nSPS) is 13.0. The molecule has 0 saturated heterocycles. The van der Waals surface area contributed by atoms with Crippen molar-refractivity contribution >= 4 is 17.9 Å². The van der Waals surface area contributed by atoms with Crippen molar-refractivity contribution in [1.29, 1.82) is 0 Å². The maximum Gasteiger partial charge on any atom is 0.306 e. The Morgan fingerprint density at radius 1 is 0.309 bits per heavy atom. The Morgan fingerprint density at radius 2 is 0.603 bits per heavy atom. The van der Waals surface area contributed by atoms with Crippen LogP contribution in [0.4, 0.5) is 0 Å². The van der Waals surface area contributed by atoms with Gasteiger partial charge in [0.05, 0.1) is 0 Å². The molecular formula is C62H100O6. The quantitative estimate of drug-likeness (QED) is 0.0262. The second-order valence-electron chi connectivity index (χ2n) is 17.7. The van der Waals surface area contributed by atoms with E-state index < -0.39 is 12.1 Å². The first-order valence-electron chi connectivity index (χ1n) is 27.5. The number of allylic oxidation sites excluding steroid dienone is 20. The fraction of sp³-hybridized carbons (Fsp3) is 0.629. The Morgan fingerprint density at radius 3 is 0.971 bits per heavy atom. The topological polar surface area (TPSA) is 78.9 Å². The summed E-state index contributed by atoms with van der Waals surface area (Å²) in [5, 5.41) is 0. The summed E-state index contributed by atoms with van der Waals surface area (Å²) in [6, 6.07) is 0. The number of carbonyl (C=O) groups is 3. The number of unbranched alkanes of at least 4 members (excludes halogenated alkanes) is 17. The van der Waals surface area contributed by atoms with Crippen molar-refractivity contribution in [2.75, 3.05) is 13.2 Å². The van der Waals surface area contributed by atoms with Crippen molar-refractivity contribution in [2.24, 2.45) is 0 Å². The first-order chi connectivity index (χ1) is 33.5. The van der Waals surface area contributed by atoms with Crippen LogP contribution in [0, 0.1) is 0 Å². The smallest absolute Gasteiger partial charge is 0.306 e. The number of ether oxygens (including phenoxy) is 3. The second kappa shape index (κ2) is 55.4. The molecule has 0 aliphatic rings. The monoisotopic (exact) mass is 941 g/mol. The summed E-state index contributed by atoms with van der Waals surface area (Å²) in [6.07, 6.45) is 76.2. The van der Waals surface area contributed by atoms with Crippen LogP contribution in [0.2, 0.25) is 0 Å². The molecule has 1 atom stereocenters. The van der Waals surface area contributed by atoms with Gasteiger partial charge in [-0.3, -0.25) is 14.4 Å². The minimum atomic E-state index is -0.829. The van der Waals surface area contributed by atoms with E-state index in [0.717, 1.165) is 109 Å². The summed E-state index contributed by atoms with van der Waals surface area (Å²) >= 11 is 0. The van der Waals surface area contributed by atoms with E-state index in [9.17, 15) is 14.4 Å². The van der Waals surface area contributed by atoms with E-state index in [-0.39, 0.29) is 31.6 Å². The molecule has 68 heavy (non-hydrogen) atoms. The molecule has 0 rings (SSSR count). The van der Waals surface area contributed by atoms with E-state index in [1.165, 1.54) is 77.0 Å². The Kier molecular flexibility index (Phi) is 52.0. The van der Waals surface area contributed by atoms with Crippen molar-refractivity contribution in [3.63, 3.8) is 0 Å². The van der Waals surface area contributed by atoms with E-state index >= 15 is 0 Å². The third kappa shape index (κ3) is 52.8. The van der Waals surface area contributed by atoms with Crippen LogP contribution in [0.15, 0.2) is 122 Å². The molecule has 6 heteroatoms. The summed E-state index contributed by atoms with van der Waals surface area (Å²) in [4.78, 5) is 38.1. The van der Waals surface area contributed by atoms with E-state index in [1.54, 1.807) is 0 Å². The van der Waals surface area contributed by atoms with E-state index in [4.69, 9.17) is 14.2 Å². The molecule has 0 saturated carbocycles. The number of rotatable bonds is 48. The molecule has 1 unspecified atom stereocenters. The van der Waals surface area contributed by atoms with Crippen molar-refractivity contribution in [3.8, 4) is 0 Å². The molecule has 0 heterocycles. The predicted molar refractivity (Wildman–Crippen MR) is 293 cm³/mol. The van der Waals surface area contributed by atoms with Gasteiger partial charge >= 0.3 is 17.9 Å². The van der Waals surface area contributed by atoms with Crippen LogP contribution < -0.4 is 0 Å². The van der Waals surface area contributed by atoms with Crippen molar-refractivity contribution < 1.29 is 28.6 Å². The van der Waals surface area contributed by atoms with Gasteiger partial charge in [0.2, 0.25) is 0 Å². The van der Waals surface area contributed by atoms with Gasteiger partial charge in [-0.15, -0.1) is 0 Å². The van der Waals surface area contributed by atoms with Crippen molar-refractivity contribution in [2.45, 2.75) is 239 Å². The third-order valence-electron chi connectivity index (χ3n) is 11.2. The zero-order valence-electron chi connectivity index (χ0n) is 43.8. The Labute approximate surface area is 418 Å². The third-order valence-corrected chi connectivity index (χ3v) is 11.2. The lowest BCUT2D eigenvalue weighted by Gasteiger charge is -2.18. The SMILES string of the molecule is CC/C=C\C/C=C\C/C=C\C/C=C\C/C=C\CCC(=O)OC(COC(=O)CCCCCCCC/C=C\C/C=C\C/C=C\C/C=C\CC)COC(=O)CCCCCCCCC/C=C\CCCCCC. The molecule has 0 aromatic heterocycles. The summed E-state index contributed by atoms with van der Waals surface area (Å²) < 4.78 is 16.8. The van der Waals surface area contributed by atoms with Gasteiger partial charge in [-0.25, -0.2) is 0 Å². The maximum absolute atomic E-state index is 12.8. The summed E-state index contributed by atoms with van der Waals surface area (Å²) in [5.74, 6) is -1.02. The number of carbonyl (C=O) groups excluding carboxylic acids is 3. The molecule has 6 nitrogen and oxygen atoms in total. The number of esters is 3. The van der Waals surface area contributed by atoms with Crippen LogP contribution in [0.3, 0.4) is 0 Å². The van der Waals surface area contributed by atoms with Crippen LogP contribution in [0.1, 0.15) is 233 Å². The second-order valence-corrected chi connectivity index (χ2v) is 17.7. The van der Waals surface area contributed by atoms with Crippen LogP contribution in [-0.4, -0.2) is 37.2 Å². The van der Waals surface area contributed by atoms with Gasteiger partial charge in [0.1, 0.15) is 13.2 Å². The Hall–Kier alpha value is -4.19. The van der Waals surface area contributed by atoms with E-state index in [2.05, 4.69) is 130 Å². The highest BCUT2D eigenvalue weighted by Crippen LogP contribution is 2.13. The van der Waals surface area contributed by atoms with Crippen LogP contribution >= 0.6 is 0 Å². The molecule has 0 fully saturated rings. The highest BCUT2D eigenvalue weighted by molar-refractivity contribution is 5.71. The van der Waals surface area contributed by atoms with E-state index in [1.807, 2.05) is 12.2 Å². The van der Waals surface area contributed by atoms with Crippen molar-refractivity contribution in [3.05, 3.63) is 122 Å². The first kappa shape index (κ1) is 63.8. The van der Waals surface area contributed by atoms with Crippen LogP contribution in [0.5, 0.6) is 0 Å². The molecule has 0 amide bonds. The predicted octanol–water partition coefficient (Wildman–Crippen LogP) is 18.5. The average Bonchev–Trinajstić information content (AvgIpc) is 3.34. The van der Waals surface area contributed by atoms with Gasteiger partial charge in [0, 0.05) is 19.3 Å². The Bertz CT molecular complexity index is 1450. The van der Waals surface area contributed by atoms with E-state index in [0.29, 0.717) is 19.3 Å². The average molecular weight is 941 g/mol. The molecule has 0 radical (unpaired) electrons. The molecule has 384 valence electrons. The van der Waals surface area contributed by atoms with Gasteiger partial charge in [0.25, 0.3) is 0 Å². The summed E-state index contributed by atoms with van der Waals surface area (Å²) in [7, 11) is 0. The lowest BCUT2D eigenvalue weighted by atomic mass is 10.1. The fourth-order valence-corrected chi connectivity index (χ4v) is 7.12. The van der Waals surface area contributed by atoms with Gasteiger partial charge in [-0.2, -0.15) is 0 Å². The summed E-state index contributed by atoms with van der Waals surface area (Å²) in [6.45, 7) is 6.31.